The monoisotopic (exact) mass is 412 g/mol. The molecule has 2 aliphatic rings. The summed E-state index contributed by atoms with van der Waals surface area (Å²) in [7, 11) is 0. The van der Waals surface area contributed by atoms with Crippen molar-refractivity contribution in [1.82, 2.24) is 0 Å². The molecule has 4 rings (SSSR count). The largest absolute Gasteiger partial charge is 0.496 e. The maximum atomic E-state index is 12.9. The molecule has 3 unspecified atom stereocenters. The van der Waals surface area contributed by atoms with E-state index in [2.05, 4.69) is 28.1 Å². The second-order valence-electron chi connectivity index (χ2n) is 6.92. The summed E-state index contributed by atoms with van der Waals surface area (Å²) >= 11 is 3.44. The van der Waals surface area contributed by atoms with Gasteiger partial charge >= 0.3 is 0 Å². The highest BCUT2D eigenvalue weighted by atomic mass is 79.9. The first-order valence-corrected chi connectivity index (χ1v) is 9.81. The van der Waals surface area contributed by atoms with Gasteiger partial charge in [-0.1, -0.05) is 58.4 Å². The average Bonchev–Trinajstić information content (AvgIpc) is 2.68. The maximum absolute atomic E-state index is 12.9. The normalized spacial score (nSPS) is 25.2. The smallest absolute Gasteiger partial charge is 0.173 e. The molecule has 1 aliphatic carbocycles. The first-order valence-electron chi connectivity index (χ1n) is 9.02. The van der Waals surface area contributed by atoms with Crippen LogP contribution in [0.3, 0.4) is 0 Å². The molecule has 2 aromatic rings. The Morgan fingerprint density at radius 2 is 1.81 bits per heavy atom. The maximum Gasteiger partial charge on any atom is 0.173 e. The highest BCUT2D eigenvalue weighted by Gasteiger charge is 2.40. The van der Waals surface area contributed by atoms with E-state index in [-0.39, 0.29) is 23.9 Å². The number of allylic oxidation sites excluding steroid dienone is 1. The zero-order chi connectivity index (χ0) is 17.9. The van der Waals surface area contributed by atoms with Crippen LogP contribution in [0.2, 0.25) is 0 Å². The summed E-state index contributed by atoms with van der Waals surface area (Å²) in [4.78, 5) is 12.9. The Labute approximate surface area is 162 Å². The van der Waals surface area contributed by atoms with E-state index in [1.807, 2.05) is 42.5 Å². The van der Waals surface area contributed by atoms with Crippen molar-refractivity contribution in [2.24, 2.45) is 5.92 Å². The molecule has 0 radical (unpaired) electrons. The summed E-state index contributed by atoms with van der Waals surface area (Å²) < 4.78 is 13.1. The quantitative estimate of drug-likeness (QED) is 0.696. The summed E-state index contributed by atoms with van der Waals surface area (Å²) in [6.07, 6.45) is 4.20. The molecule has 0 bridgehead atoms. The van der Waals surface area contributed by atoms with Crippen LogP contribution in [0.25, 0.3) is 5.57 Å². The predicted octanol–water partition coefficient (Wildman–Crippen LogP) is 5.14. The van der Waals surface area contributed by atoms with Gasteiger partial charge in [-0.2, -0.15) is 0 Å². The Balaban J connectivity index is 1.38. The third-order valence-electron chi connectivity index (χ3n) is 5.19. The van der Waals surface area contributed by atoms with E-state index in [4.69, 9.17) is 9.47 Å². The van der Waals surface area contributed by atoms with Gasteiger partial charge in [-0.3, -0.25) is 4.79 Å². The summed E-state index contributed by atoms with van der Waals surface area (Å²) in [6, 6.07) is 17.9. The van der Waals surface area contributed by atoms with Crippen LogP contribution in [0.1, 0.15) is 30.4 Å². The number of ether oxygens (including phenoxy) is 2. The molecule has 1 saturated carbocycles. The van der Waals surface area contributed by atoms with Crippen LogP contribution in [0, 0.1) is 5.92 Å². The van der Waals surface area contributed by atoms with Crippen LogP contribution < -0.4 is 0 Å². The molecular formula is C22H21BrO3. The summed E-state index contributed by atoms with van der Waals surface area (Å²) in [5.41, 5.74) is 2.79. The Hall–Kier alpha value is -1.91. The van der Waals surface area contributed by atoms with Crippen LogP contribution >= 0.6 is 15.9 Å². The minimum Gasteiger partial charge on any atom is -0.496 e. The van der Waals surface area contributed by atoms with E-state index in [1.54, 1.807) is 6.26 Å². The number of hydrogen-bond acceptors (Lipinski definition) is 3. The molecule has 1 aliphatic heterocycles. The van der Waals surface area contributed by atoms with Gasteiger partial charge in [-0.25, -0.2) is 0 Å². The summed E-state index contributed by atoms with van der Waals surface area (Å²) in [6.45, 7) is 0.592. The lowest BCUT2D eigenvalue weighted by molar-refractivity contribution is -0.128. The Morgan fingerprint density at radius 1 is 1.04 bits per heavy atom. The van der Waals surface area contributed by atoms with Gasteiger partial charge in [0.1, 0.15) is 6.10 Å². The number of carbonyl (C=O) groups is 1. The van der Waals surface area contributed by atoms with Crippen molar-refractivity contribution in [1.29, 1.82) is 0 Å². The molecule has 0 N–H and O–H groups in total. The fraction of sp³-hybridized carbons (Fsp3) is 0.318. The van der Waals surface area contributed by atoms with Gasteiger partial charge in [0, 0.05) is 10.9 Å². The van der Waals surface area contributed by atoms with Crippen molar-refractivity contribution in [2.45, 2.75) is 38.1 Å². The molecule has 1 heterocycles. The molecule has 0 amide bonds. The second-order valence-corrected chi connectivity index (χ2v) is 7.83. The third kappa shape index (κ3) is 3.76. The first-order chi connectivity index (χ1) is 12.7. The zero-order valence-corrected chi connectivity index (χ0v) is 16.0. The van der Waals surface area contributed by atoms with Gasteiger partial charge in [-0.15, -0.1) is 0 Å². The minimum absolute atomic E-state index is 0.0530. The lowest BCUT2D eigenvalue weighted by Crippen LogP contribution is -2.41. The van der Waals surface area contributed by atoms with Gasteiger partial charge < -0.3 is 9.47 Å². The van der Waals surface area contributed by atoms with E-state index in [1.165, 1.54) is 0 Å². The van der Waals surface area contributed by atoms with Crippen molar-refractivity contribution >= 4 is 27.3 Å². The van der Waals surface area contributed by atoms with Gasteiger partial charge in [0.25, 0.3) is 0 Å². The molecule has 2 aromatic carbocycles. The van der Waals surface area contributed by atoms with Crippen LogP contribution in [-0.2, 0) is 20.9 Å². The molecular weight excluding hydrogens is 392 g/mol. The van der Waals surface area contributed by atoms with Gasteiger partial charge in [0.2, 0.25) is 0 Å². The van der Waals surface area contributed by atoms with Crippen molar-refractivity contribution in [3.05, 3.63) is 76.5 Å². The van der Waals surface area contributed by atoms with Gasteiger partial charge in [0.05, 0.1) is 30.5 Å². The molecule has 4 heteroatoms. The zero-order valence-electron chi connectivity index (χ0n) is 14.4. The second kappa shape index (κ2) is 7.77. The number of halogens is 1. The summed E-state index contributed by atoms with van der Waals surface area (Å²) in [5, 5.41) is 0. The fourth-order valence-corrected chi connectivity index (χ4v) is 3.99. The van der Waals surface area contributed by atoms with Crippen LogP contribution in [-0.4, -0.2) is 18.0 Å². The first kappa shape index (κ1) is 17.5. The number of rotatable bonds is 4. The standard InChI is InChI=1S/C22H21BrO3/c23-17-8-6-15(7-9-17)13-25-18-10-11-19-21(12-18)26-14-20(22(19)24)16-4-2-1-3-5-16/h1-9,14,18-19,21H,10-13H2. The number of benzene rings is 2. The Bertz CT molecular complexity index is 798. The van der Waals surface area contributed by atoms with E-state index in [9.17, 15) is 4.79 Å². The number of Topliss-reactive ketones (excluding diaryl/α,β-unsaturated/α-hetero) is 1. The third-order valence-corrected chi connectivity index (χ3v) is 5.72. The molecule has 134 valence electrons. The summed E-state index contributed by atoms with van der Waals surface area (Å²) in [5.74, 6) is 0.154. The highest BCUT2D eigenvalue weighted by Crippen LogP contribution is 2.37. The molecule has 3 nitrogen and oxygen atoms in total. The van der Waals surface area contributed by atoms with Crippen molar-refractivity contribution in [3.63, 3.8) is 0 Å². The van der Waals surface area contributed by atoms with Gasteiger partial charge in [-0.05, 0) is 36.1 Å². The number of hydrogen-bond donors (Lipinski definition) is 0. The Kier molecular flexibility index (Phi) is 5.23. The Morgan fingerprint density at radius 3 is 2.58 bits per heavy atom. The lowest BCUT2D eigenvalue weighted by Gasteiger charge is -2.37. The van der Waals surface area contributed by atoms with Crippen molar-refractivity contribution < 1.29 is 14.3 Å². The van der Waals surface area contributed by atoms with Crippen LogP contribution in [0.4, 0.5) is 0 Å². The van der Waals surface area contributed by atoms with E-state index >= 15 is 0 Å². The van der Waals surface area contributed by atoms with Crippen LogP contribution in [0.5, 0.6) is 0 Å². The molecule has 1 fully saturated rings. The van der Waals surface area contributed by atoms with Crippen molar-refractivity contribution in [2.75, 3.05) is 0 Å². The molecule has 3 atom stereocenters. The number of fused-ring (bicyclic) bond motifs is 1. The van der Waals surface area contributed by atoms with Gasteiger partial charge in [0.15, 0.2) is 5.78 Å². The SMILES string of the molecule is O=C1C(c2ccccc2)=COC2CC(OCc3ccc(Br)cc3)CCC12. The van der Waals surface area contributed by atoms with E-state index < -0.39 is 0 Å². The minimum atomic E-state index is -0.0707. The fourth-order valence-electron chi connectivity index (χ4n) is 3.73. The number of carbonyl (C=O) groups excluding carboxylic acids is 1. The molecule has 0 saturated heterocycles. The predicted molar refractivity (Wildman–Crippen MR) is 104 cm³/mol. The van der Waals surface area contributed by atoms with Crippen molar-refractivity contribution in [3.8, 4) is 0 Å². The number of ketones is 1. The van der Waals surface area contributed by atoms with E-state index in [0.29, 0.717) is 12.2 Å². The van der Waals surface area contributed by atoms with E-state index in [0.717, 1.165) is 34.9 Å². The molecule has 0 spiro atoms. The molecule has 26 heavy (non-hydrogen) atoms. The average molecular weight is 413 g/mol. The lowest BCUT2D eigenvalue weighted by atomic mass is 9.78. The van der Waals surface area contributed by atoms with Crippen LogP contribution in [0.15, 0.2) is 65.3 Å². The topological polar surface area (TPSA) is 35.5 Å². The molecule has 0 aromatic heterocycles. The highest BCUT2D eigenvalue weighted by molar-refractivity contribution is 9.10.